The number of esters is 1. The topological polar surface area (TPSA) is 115 Å². The van der Waals surface area contributed by atoms with Gasteiger partial charge in [-0.25, -0.2) is 4.79 Å². The molecule has 1 aliphatic rings. The highest BCUT2D eigenvalue weighted by Gasteiger charge is 2.34. The number of aldehydes is 1. The van der Waals surface area contributed by atoms with Crippen molar-refractivity contribution in [2.45, 2.75) is 37.6 Å². The van der Waals surface area contributed by atoms with Crippen LogP contribution in [0.1, 0.15) is 52.8 Å². The Balaban J connectivity index is 2.10. The molecule has 1 amide bonds. The Morgan fingerprint density at radius 1 is 1.22 bits per heavy atom. The van der Waals surface area contributed by atoms with Gasteiger partial charge in [0.25, 0.3) is 5.91 Å². The van der Waals surface area contributed by atoms with E-state index >= 15 is 0 Å². The van der Waals surface area contributed by atoms with Crippen molar-refractivity contribution in [3.05, 3.63) is 23.3 Å². The average molecular weight is 374 g/mol. The predicted molar refractivity (Wildman–Crippen MR) is 94.8 cm³/mol. The van der Waals surface area contributed by atoms with E-state index in [-0.39, 0.29) is 22.6 Å². The summed E-state index contributed by atoms with van der Waals surface area (Å²) in [7, 11) is 2.72. The number of nitrogens with one attached hydrogen (secondary N) is 1. The summed E-state index contributed by atoms with van der Waals surface area (Å²) in [6.45, 7) is -0.569. The van der Waals surface area contributed by atoms with E-state index in [1.165, 1.54) is 26.4 Å². The van der Waals surface area contributed by atoms with E-state index in [0.717, 1.165) is 19.3 Å². The number of carbonyl (C=O) groups is 3. The quantitative estimate of drug-likeness (QED) is 0.573. The van der Waals surface area contributed by atoms with Gasteiger partial charge in [0.2, 0.25) is 0 Å². The number of ether oxygens (including phenoxy) is 3. The fourth-order valence-electron chi connectivity index (χ4n) is 3.18. The van der Waals surface area contributed by atoms with Crippen LogP contribution in [0.25, 0.3) is 0 Å². The third-order valence-corrected chi connectivity index (χ3v) is 4.54. The molecule has 1 aromatic carbocycles. The van der Waals surface area contributed by atoms with Crippen molar-refractivity contribution in [2.75, 3.05) is 20.8 Å². The zero-order chi connectivity index (χ0) is 19.9. The molecule has 0 unspecified atom stereocenters. The number of methoxy groups -OCH3 is 2. The van der Waals surface area contributed by atoms with Crippen LogP contribution in [0.5, 0.6) is 11.5 Å². The maximum atomic E-state index is 12.5. The fourth-order valence-corrected chi connectivity index (χ4v) is 3.18. The molecule has 8 nitrogen and oxygen atoms in total. The third kappa shape index (κ3) is 4.56. The second kappa shape index (κ2) is 9.03. The molecule has 1 saturated carbocycles. The lowest BCUT2D eigenvalue weighted by Crippen LogP contribution is -2.50. The van der Waals surface area contributed by atoms with Crippen molar-refractivity contribution in [3.63, 3.8) is 0 Å². The van der Waals surface area contributed by atoms with Crippen LogP contribution < -0.4 is 14.8 Å². The first kappa shape index (κ1) is 20.2. The van der Waals surface area contributed by atoms with E-state index in [4.69, 9.17) is 14.2 Å². The number of carbonyl (C=O) groups excluding carboxylic acids is 3. The van der Waals surface area contributed by atoms with E-state index < -0.39 is 24.0 Å². The van der Waals surface area contributed by atoms with Crippen molar-refractivity contribution >= 4 is 18.2 Å². The SMILES string of the molecule is COc1ccc(C=O)c(C(=O)OCC(=O)NC2(C#N)CCCCC2)c1OC. The van der Waals surface area contributed by atoms with Crippen LogP contribution >= 0.6 is 0 Å². The van der Waals surface area contributed by atoms with Gasteiger partial charge in [-0.15, -0.1) is 0 Å². The molecule has 0 radical (unpaired) electrons. The summed E-state index contributed by atoms with van der Waals surface area (Å²) in [5.41, 5.74) is -0.977. The Morgan fingerprint density at radius 3 is 2.48 bits per heavy atom. The molecule has 0 heterocycles. The molecule has 0 saturated heterocycles. The van der Waals surface area contributed by atoms with Crippen LogP contribution in [-0.2, 0) is 9.53 Å². The molecule has 144 valence electrons. The Kier molecular flexibility index (Phi) is 6.77. The van der Waals surface area contributed by atoms with Gasteiger partial charge in [-0.1, -0.05) is 19.3 Å². The van der Waals surface area contributed by atoms with E-state index in [9.17, 15) is 19.6 Å². The monoisotopic (exact) mass is 374 g/mol. The molecule has 1 aliphatic carbocycles. The minimum Gasteiger partial charge on any atom is -0.493 e. The lowest BCUT2D eigenvalue weighted by molar-refractivity contribution is -0.125. The van der Waals surface area contributed by atoms with Crippen LogP contribution in [0.3, 0.4) is 0 Å². The lowest BCUT2D eigenvalue weighted by atomic mass is 9.83. The van der Waals surface area contributed by atoms with Gasteiger partial charge in [0.15, 0.2) is 24.4 Å². The van der Waals surface area contributed by atoms with Gasteiger partial charge in [-0.3, -0.25) is 9.59 Å². The van der Waals surface area contributed by atoms with E-state index in [2.05, 4.69) is 11.4 Å². The minimum atomic E-state index is -0.913. The van der Waals surface area contributed by atoms with E-state index in [1.54, 1.807) is 0 Å². The Hall–Kier alpha value is -3.08. The number of nitriles is 1. The Morgan fingerprint density at radius 2 is 1.93 bits per heavy atom. The Bertz CT molecular complexity index is 762. The molecule has 2 rings (SSSR count). The summed E-state index contributed by atoms with van der Waals surface area (Å²) < 4.78 is 15.3. The molecule has 1 fully saturated rings. The molecule has 0 atom stereocenters. The average Bonchev–Trinajstić information content (AvgIpc) is 2.71. The molecule has 1 aromatic rings. The molecule has 0 bridgehead atoms. The van der Waals surface area contributed by atoms with Crippen LogP contribution in [0.15, 0.2) is 12.1 Å². The summed E-state index contributed by atoms with van der Waals surface area (Å²) in [4.78, 5) is 35.9. The van der Waals surface area contributed by atoms with E-state index in [1.807, 2.05) is 0 Å². The van der Waals surface area contributed by atoms with Crippen molar-refractivity contribution in [2.24, 2.45) is 0 Å². The van der Waals surface area contributed by atoms with Crippen LogP contribution in [-0.4, -0.2) is 44.5 Å². The first-order valence-corrected chi connectivity index (χ1v) is 8.60. The van der Waals surface area contributed by atoms with Crippen LogP contribution in [0.2, 0.25) is 0 Å². The number of hydrogen-bond acceptors (Lipinski definition) is 7. The molecule has 1 N–H and O–H groups in total. The second-order valence-electron chi connectivity index (χ2n) is 6.26. The smallest absolute Gasteiger partial charge is 0.343 e. The normalized spacial score (nSPS) is 15.1. The number of nitrogens with zero attached hydrogens (tertiary/aromatic N) is 1. The Labute approximate surface area is 157 Å². The van der Waals surface area contributed by atoms with Gasteiger partial charge < -0.3 is 19.5 Å². The second-order valence-corrected chi connectivity index (χ2v) is 6.26. The van der Waals surface area contributed by atoms with Gasteiger partial charge >= 0.3 is 5.97 Å². The van der Waals surface area contributed by atoms with Crippen molar-refractivity contribution in [1.29, 1.82) is 5.26 Å². The molecule has 8 heteroatoms. The zero-order valence-corrected chi connectivity index (χ0v) is 15.4. The third-order valence-electron chi connectivity index (χ3n) is 4.54. The van der Waals surface area contributed by atoms with Crippen molar-refractivity contribution in [1.82, 2.24) is 5.32 Å². The molecular formula is C19H22N2O6. The highest BCUT2D eigenvalue weighted by Crippen LogP contribution is 2.33. The zero-order valence-electron chi connectivity index (χ0n) is 15.4. The highest BCUT2D eigenvalue weighted by atomic mass is 16.5. The largest absolute Gasteiger partial charge is 0.493 e. The number of rotatable bonds is 7. The predicted octanol–water partition coefficient (Wildman–Crippen LogP) is 2.02. The summed E-state index contributed by atoms with van der Waals surface area (Å²) in [5, 5.41) is 12.1. The van der Waals surface area contributed by atoms with Gasteiger partial charge in [0.1, 0.15) is 11.1 Å². The van der Waals surface area contributed by atoms with Crippen molar-refractivity contribution in [3.8, 4) is 17.6 Å². The summed E-state index contributed by atoms with van der Waals surface area (Å²) in [5.74, 6) is -1.16. The van der Waals surface area contributed by atoms with Gasteiger partial charge in [-0.2, -0.15) is 5.26 Å². The van der Waals surface area contributed by atoms with Gasteiger partial charge in [0, 0.05) is 5.56 Å². The fraction of sp³-hybridized carbons (Fsp3) is 0.474. The summed E-state index contributed by atoms with van der Waals surface area (Å²) in [6, 6.07) is 5.06. The summed E-state index contributed by atoms with van der Waals surface area (Å²) in [6.07, 6.45) is 4.38. The molecule has 0 spiro atoms. The first-order valence-electron chi connectivity index (χ1n) is 8.60. The van der Waals surface area contributed by atoms with Crippen molar-refractivity contribution < 1.29 is 28.6 Å². The highest BCUT2D eigenvalue weighted by molar-refractivity contribution is 6.02. The molecule has 27 heavy (non-hydrogen) atoms. The standard InChI is InChI=1S/C19H22N2O6/c1-25-14-7-6-13(10-22)16(17(14)26-2)18(24)27-11-15(23)21-19(12-20)8-4-3-5-9-19/h6-7,10H,3-5,8-9,11H2,1-2H3,(H,21,23). The maximum Gasteiger partial charge on any atom is 0.343 e. The lowest BCUT2D eigenvalue weighted by Gasteiger charge is -2.31. The molecular weight excluding hydrogens is 352 g/mol. The van der Waals surface area contributed by atoms with Gasteiger partial charge in [-0.05, 0) is 25.0 Å². The van der Waals surface area contributed by atoms with Gasteiger partial charge in [0.05, 0.1) is 20.3 Å². The summed E-state index contributed by atoms with van der Waals surface area (Å²) >= 11 is 0. The molecule has 0 aliphatic heterocycles. The molecule has 0 aromatic heterocycles. The van der Waals surface area contributed by atoms with Crippen LogP contribution in [0, 0.1) is 11.3 Å². The first-order chi connectivity index (χ1) is 13.0. The number of benzene rings is 1. The van der Waals surface area contributed by atoms with Crippen LogP contribution in [0.4, 0.5) is 0 Å². The number of amides is 1. The minimum absolute atomic E-state index is 0.0493. The maximum absolute atomic E-state index is 12.5. The van der Waals surface area contributed by atoms with E-state index in [0.29, 0.717) is 19.1 Å². The number of hydrogen-bond donors (Lipinski definition) is 1.